The Kier molecular flexibility index (Phi) is 4.11. The number of hydrogen-bond acceptors (Lipinski definition) is 4. The molecule has 0 bridgehead atoms. The summed E-state index contributed by atoms with van der Waals surface area (Å²) in [6, 6.07) is 5.68. The number of hydrogen-bond donors (Lipinski definition) is 3. The molecule has 3 N–H and O–H groups in total. The maximum Gasteiger partial charge on any atom is 0.306 e. The molecule has 0 atom stereocenters. The molecular formula is C15H18N2O5S. The highest BCUT2D eigenvalue weighted by atomic mass is 32.2. The fraction of sp³-hybridized carbons (Fsp3) is 0.467. The zero-order valence-electron chi connectivity index (χ0n) is 12.4. The van der Waals surface area contributed by atoms with Crippen molar-refractivity contribution in [2.45, 2.75) is 42.7 Å². The molecule has 0 heterocycles. The number of carbonyl (C=O) groups is 2. The van der Waals surface area contributed by atoms with E-state index in [1.165, 1.54) is 18.2 Å². The molecule has 1 aromatic rings. The molecule has 0 spiro atoms. The lowest BCUT2D eigenvalue weighted by Gasteiger charge is -2.32. The Balaban J connectivity index is 1.65. The summed E-state index contributed by atoms with van der Waals surface area (Å²) in [5.41, 5.74) is 0.252. The van der Waals surface area contributed by atoms with E-state index in [9.17, 15) is 18.0 Å². The highest BCUT2D eigenvalue weighted by molar-refractivity contribution is 7.89. The standard InChI is InChI=1S/C15H18N2O5S/c18-14(16-12-6-10(7-12)15(19)20)9-2-1-3-13(8-9)23(21,22)17-11-4-5-11/h1-3,8,10-12,17H,4-7H2,(H,16,18)(H,19,20). The molecule has 2 aliphatic carbocycles. The Morgan fingerprint density at radius 2 is 1.83 bits per heavy atom. The Bertz CT molecular complexity index is 736. The number of sulfonamides is 1. The van der Waals surface area contributed by atoms with E-state index in [1.54, 1.807) is 6.07 Å². The minimum Gasteiger partial charge on any atom is -0.481 e. The largest absolute Gasteiger partial charge is 0.481 e. The van der Waals surface area contributed by atoms with E-state index in [4.69, 9.17) is 5.11 Å². The van der Waals surface area contributed by atoms with Crippen LogP contribution in [0.4, 0.5) is 0 Å². The smallest absolute Gasteiger partial charge is 0.306 e. The average Bonchev–Trinajstić information content (AvgIpc) is 3.25. The van der Waals surface area contributed by atoms with Crippen LogP contribution in [-0.4, -0.2) is 37.5 Å². The maximum absolute atomic E-state index is 12.2. The van der Waals surface area contributed by atoms with E-state index in [2.05, 4.69) is 10.0 Å². The molecule has 124 valence electrons. The second-order valence-corrected chi connectivity index (χ2v) is 7.81. The number of rotatable bonds is 6. The van der Waals surface area contributed by atoms with Gasteiger partial charge in [-0.2, -0.15) is 0 Å². The Morgan fingerprint density at radius 1 is 1.13 bits per heavy atom. The first-order valence-corrected chi connectivity index (χ1v) is 8.99. The van der Waals surface area contributed by atoms with Crippen molar-refractivity contribution in [3.05, 3.63) is 29.8 Å². The Hall–Kier alpha value is -1.93. The van der Waals surface area contributed by atoms with Gasteiger partial charge in [-0.25, -0.2) is 13.1 Å². The summed E-state index contributed by atoms with van der Waals surface area (Å²) in [4.78, 5) is 23.0. The second-order valence-electron chi connectivity index (χ2n) is 6.10. The lowest BCUT2D eigenvalue weighted by Crippen LogP contribution is -2.46. The first-order valence-electron chi connectivity index (χ1n) is 7.51. The summed E-state index contributed by atoms with van der Waals surface area (Å²) in [6.45, 7) is 0. The normalized spacial score (nSPS) is 23.8. The molecule has 1 aromatic carbocycles. The summed E-state index contributed by atoms with van der Waals surface area (Å²) in [6.07, 6.45) is 2.49. The minimum absolute atomic E-state index is 0.000381. The molecule has 2 fully saturated rings. The van der Waals surface area contributed by atoms with Crippen LogP contribution in [0.3, 0.4) is 0 Å². The van der Waals surface area contributed by atoms with Gasteiger partial charge in [0.1, 0.15) is 0 Å². The van der Waals surface area contributed by atoms with Crippen molar-refractivity contribution in [1.82, 2.24) is 10.0 Å². The number of carboxylic acids is 1. The Morgan fingerprint density at radius 3 is 2.43 bits per heavy atom. The van der Waals surface area contributed by atoms with Crippen molar-refractivity contribution >= 4 is 21.9 Å². The van der Waals surface area contributed by atoms with Crippen molar-refractivity contribution in [3.8, 4) is 0 Å². The quantitative estimate of drug-likeness (QED) is 0.707. The predicted molar refractivity (Wildman–Crippen MR) is 81.4 cm³/mol. The first kappa shape index (κ1) is 15.9. The van der Waals surface area contributed by atoms with Gasteiger partial charge in [0, 0.05) is 17.6 Å². The van der Waals surface area contributed by atoms with E-state index in [1.807, 2.05) is 0 Å². The zero-order valence-corrected chi connectivity index (χ0v) is 13.2. The lowest BCUT2D eigenvalue weighted by atomic mass is 9.80. The van der Waals surface area contributed by atoms with Crippen molar-refractivity contribution in [1.29, 1.82) is 0 Å². The van der Waals surface area contributed by atoms with Gasteiger partial charge in [0.05, 0.1) is 10.8 Å². The minimum atomic E-state index is -3.60. The first-order chi connectivity index (χ1) is 10.8. The second kappa shape index (κ2) is 5.93. The molecule has 2 saturated carbocycles. The third-order valence-corrected chi connectivity index (χ3v) is 5.65. The van der Waals surface area contributed by atoms with E-state index in [0.717, 1.165) is 12.8 Å². The van der Waals surface area contributed by atoms with Crippen molar-refractivity contribution in [2.24, 2.45) is 5.92 Å². The van der Waals surface area contributed by atoms with Gasteiger partial charge in [0.2, 0.25) is 10.0 Å². The molecule has 0 aromatic heterocycles. The molecule has 3 rings (SSSR count). The van der Waals surface area contributed by atoms with Crippen LogP contribution in [0.25, 0.3) is 0 Å². The SMILES string of the molecule is O=C(NC1CC(C(=O)O)C1)c1cccc(S(=O)(=O)NC2CC2)c1. The van der Waals surface area contributed by atoms with E-state index >= 15 is 0 Å². The summed E-state index contributed by atoms with van der Waals surface area (Å²) in [7, 11) is -3.60. The van der Waals surface area contributed by atoms with E-state index in [0.29, 0.717) is 12.8 Å². The van der Waals surface area contributed by atoms with Crippen LogP contribution in [-0.2, 0) is 14.8 Å². The van der Waals surface area contributed by atoms with Crippen LogP contribution in [0, 0.1) is 5.92 Å². The number of aliphatic carboxylic acids is 1. The van der Waals surface area contributed by atoms with Gasteiger partial charge in [-0.3, -0.25) is 9.59 Å². The van der Waals surface area contributed by atoms with Crippen LogP contribution in [0.1, 0.15) is 36.0 Å². The number of carboxylic acid groups (broad SMARTS) is 1. The van der Waals surface area contributed by atoms with Gasteiger partial charge >= 0.3 is 5.97 Å². The molecule has 7 nitrogen and oxygen atoms in total. The third-order valence-electron chi connectivity index (χ3n) is 4.13. The molecule has 2 aliphatic rings. The highest BCUT2D eigenvalue weighted by Gasteiger charge is 2.35. The zero-order chi connectivity index (χ0) is 16.6. The lowest BCUT2D eigenvalue weighted by molar-refractivity contribution is -0.145. The van der Waals surface area contributed by atoms with Crippen LogP contribution in [0.15, 0.2) is 29.2 Å². The van der Waals surface area contributed by atoms with Crippen LogP contribution in [0.2, 0.25) is 0 Å². The van der Waals surface area contributed by atoms with Crippen molar-refractivity contribution in [3.63, 3.8) is 0 Å². The van der Waals surface area contributed by atoms with Gasteiger partial charge in [-0.1, -0.05) is 6.07 Å². The third kappa shape index (κ3) is 3.70. The van der Waals surface area contributed by atoms with Gasteiger partial charge in [-0.05, 0) is 43.9 Å². The topological polar surface area (TPSA) is 113 Å². The van der Waals surface area contributed by atoms with Gasteiger partial charge in [0.25, 0.3) is 5.91 Å². The fourth-order valence-corrected chi connectivity index (χ4v) is 3.85. The van der Waals surface area contributed by atoms with E-state index < -0.39 is 21.9 Å². The summed E-state index contributed by atoms with van der Waals surface area (Å²) in [5.74, 6) is -1.65. The fourth-order valence-electron chi connectivity index (χ4n) is 2.50. The summed E-state index contributed by atoms with van der Waals surface area (Å²) >= 11 is 0. The van der Waals surface area contributed by atoms with Crippen LogP contribution in [0.5, 0.6) is 0 Å². The molecule has 0 radical (unpaired) electrons. The molecule has 0 saturated heterocycles. The predicted octanol–water partition coefficient (Wildman–Crippen LogP) is 0.720. The Labute approximate surface area is 134 Å². The number of nitrogens with one attached hydrogen (secondary N) is 2. The van der Waals surface area contributed by atoms with E-state index in [-0.39, 0.29) is 28.4 Å². The monoisotopic (exact) mass is 338 g/mol. The molecular weight excluding hydrogens is 320 g/mol. The molecule has 0 unspecified atom stereocenters. The molecule has 1 amide bonds. The summed E-state index contributed by atoms with van der Waals surface area (Å²) in [5, 5.41) is 11.6. The molecule has 8 heteroatoms. The molecule has 23 heavy (non-hydrogen) atoms. The average molecular weight is 338 g/mol. The molecule has 0 aliphatic heterocycles. The number of amides is 1. The van der Waals surface area contributed by atoms with Crippen LogP contribution < -0.4 is 10.0 Å². The van der Waals surface area contributed by atoms with Gasteiger partial charge in [-0.15, -0.1) is 0 Å². The summed E-state index contributed by atoms with van der Waals surface area (Å²) < 4.78 is 26.9. The maximum atomic E-state index is 12.2. The van der Waals surface area contributed by atoms with Crippen molar-refractivity contribution in [2.75, 3.05) is 0 Å². The van der Waals surface area contributed by atoms with Crippen LogP contribution >= 0.6 is 0 Å². The number of benzene rings is 1. The van der Waals surface area contributed by atoms with Gasteiger partial charge in [0.15, 0.2) is 0 Å². The highest BCUT2D eigenvalue weighted by Crippen LogP contribution is 2.28. The van der Waals surface area contributed by atoms with Gasteiger partial charge < -0.3 is 10.4 Å². The van der Waals surface area contributed by atoms with Crippen molar-refractivity contribution < 1.29 is 23.1 Å². The number of carbonyl (C=O) groups excluding carboxylic acids is 1.